The van der Waals surface area contributed by atoms with E-state index < -0.39 is 16.8 Å². The van der Waals surface area contributed by atoms with Crippen molar-refractivity contribution < 1.29 is 19.6 Å². The number of carboxylic acid groups (broad SMARTS) is 1. The number of hydrogen-bond acceptors (Lipinski definition) is 4. The predicted molar refractivity (Wildman–Crippen MR) is 83.4 cm³/mol. The molecule has 0 unspecified atom stereocenters. The highest BCUT2D eigenvalue weighted by molar-refractivity contribution is 5.95. The minimum atomic E-state index is -0.839. The maximum atomic E-state index is 12.5. The third-order valence-electron chi connectivity index (χ3n) is 4.23. The smallest absolute Gasteiger partial charge is 0.306 e. The second kappa shape index (κ2) is 6.76. The molecule has 0 saturated carbocycles. The van der Waals surface area contributed by atoms with Crippen LogP contribution in [-0.2, 0) is 4.79 Å². The number of carbonyl (C=O) groups excluding carboxylic acids is 1. The van der Waals surface area contributed by atoms with E-state index in [1.165, 1.54) is 6.07 Å². The number of benzene rings is 1. The van der Waals surface area contributed by atoms with Gasteiger partial charge in [-0.1, -0.05) is 19.9 Å². The SMILES string of the molecule is CC(C)c1ccc(C(=O)N2CCC(C(=O)O)CC2)cc1[N+](=O)[O-]. The third-order valence-corrected chi connectivity index (χ3v) is 4.23. The van der Waals surface area contributed by atoms with Gasteiger partial charge in [-0.15, -0.1) is 0 Å². The Morgan fingerprint density at radius 3 is 2.39 bits per heavy atom. The van der Waals surface area contributed by atoms with Crippen LogP contribution in [0.2, 0.25) is 0 Å². The monoisotopic (exact) mass is 320 g/mol. The van der Waals surface area contributed by atoms with Crippen LogP contribution in [0, 0.1) is 16.0 Å². The van der Waals surface area contributed by atoms with Gasteiger partial charge in [0.15, 0.2) is 0 Å². The summed E-state index contributed by atoms with van der Waals surface area (Å²) in [5.74, 6) is -1.55. The minimum absolute atomic E-state index is 0.00846. The lowest BCUT2D eigenvalue weighted by atomic mass is 9.95. The Morgan fingerprint density at radius 1 is 1.30 bits per heavy atom. The average Bonchev–Trinajstić information content (AvgIpc) is 2.53. The van der Waals surface area contributed by atoms with Gasteiger partial charge in [0.1, 0.15) is 0 Å². The summed E-state index contributed by atoms with van der Waals surface area (Å²) < 4.78 is 0. The van der Waals surface area contributed by atoms with Crippen LogP contribution in [0.4, 0.5) is 5.69 Å². The van der Waals surface area contributed by atoms with Gasteiger partial charge in [-0.25, -0.2) is 0 Å². The summed E-state index contributed by atoms with van der Waals surface area (Å²) in [6.45, 7) is 4.44. The zero-order valence-electron chi connectivity index (χ0n) is 13.2. The molecule has 1 fully saturated rings. The fourth-order valence-corrected chi connectivity index (χ4v) is 2.84. The molecule has 1 amide bonds. The van der Waals surface area contributed by atoms with Gasteiger partial charge in [-0.05, 0) is 24.8 Å². The Morgan fingerprint density at radius 2 is 1.91 bits per heavy atom. The number of carbonyl (C=O) groups is 2. The third kappa shape index (κ3) is 3.67. The molecule has 1 aliphatic heterocycles. The Balaban J connectivity index is 2.19. The molecule has 23 heavy (non-hydrogen) atoms. The number of likely N-dealkylation sites (tertiary alicyclic amines) is 1. The maximum absolute atomic E-state index is 12.5. The van der Waals surface area contributed by atoms with E-state index in [1.807, 2.05) is 13.8 Å². The van der Waals surface area contributed by atoms with Crippen LogP contribution >= 0.6 is 0 Å². The summed E-state index contributed by atoms with van der Waals surface area (Å²) >= 11 is 0. The largest absolute Gasteiger partial charge is 0.481 e. The van der Waals surface area contributed by atoms with Gasteiger partial charge in [0.2, 0.25) is 0 Å². The van der Waals surface area contributed by atoms with Gasteiger partial charge >= 0.3 is 5.97 Å². The molecule has 1 aromatic carbocycles. The van der Waals surface area contributed by atoms with Gasteiger partial charge in [-0.2, -0.15) is 0 Å². The van der Waals surface area contributed by atoms with Crippen molar-refractivity contribution in [3.63, 3.8) is 0 Å². The Hall–Kier alpha value is -2.44. The molecule has 1 heterocycles. The van der Waals surface area contributed by atoms with Gasteiger partial charge in [0.05, 0.1) is 10.8 Å². The minimum Gasteiger partial charge on any atom is -0.481 e. The number of amides is 1. The van der Waals surface area contributed by atoms with E-state index in [0.29, 0.717) is 31.5 Å². The molecule has 2 rings (SSSR count). The number of piperidine rings is 1. The number of hydrogen-bond donors (Lipinski definition) is 1. The molecule has 0 spiro atoms. The fraction of sp³-hybridized carbons (Fsp3) is 0.500. The Labute approximate surface area is 134 Å². The normalized spacial score (nSPS) is 15.7. The number of nitro groups is 1. The fourth-order valence-electron chi connectivity index (χ4n) is 2.84. The number of nitro benzene ring substituents is 1. The number of aliphatic carboxylic acids is 1. The van der Waals surface area contributed by atoms with Crippen LogP contribution in [0.25, 0.3) is 0 Å². The quantitative estimate of drug-likeness (QED) is 0.679. The summed E-state index contributed by atoms with van der Waals surface area (Å²) in [6.07, 6.45) is 0.820. The average molecular weight is 320 g/mol. The van der Waals surface area contributed by atoms with Crippen LogP contribution in [0.3, 0.4) is 0 Å². The summed E-state index contributed by atoms with van der Waals surface area (Å²) in [6, 6.07) is 4.55. The first-order valence-corrected chi connectivity index (χ1v) is 7.61. The summed E-state index contributed by atoms with van der Waals surface area (Å²) in [5, 5.41) is 20.2. The van der Waals surface area contributed by atoms with Crippen molar-refractivity contribution in [2.45, 2.75) is 32.6 Å². The van der Waals surface area contributed by atoms with Crippen molar-refractivity contribution in [1.82, 2.24) is 4.90 Å². The van der Waals surface area contributed by atoms with Crippen molar-refractivity contribution in [2.75, 3.05) is 13.1 Å². The molecular formula is C16H20N2O5. The lowest BCUT2D eigenvalue weighted by Gasteiger charge is -2.30. The van der Waals surface area contributed by atoms with Crippen LogP contribution in [0.1, 0.15) is 48.5 Å². The van der Waals surface area contributed by atoms with Crippen molar-refractivity contribution >= 4 is 17.6 Å². The van der Waals surface area contributed by atoms with Gasteiger partial charge < -0.3 is 10.0 Å². The first-order chi connectivity index (χ1) is 10.8. The van der Waals surface area contributed by atoms with Crippen LogP contribution < -0.4 is 0 Å². The van der Waals surface area contributed by atoms with E-state index in [9.17, 15) is 19.7 Å². The topological polar surface area (TPSA) is 101 Å². The van der Waals surface area contributed by atoms with E-state index in [0.717, 1.165) is 0 Å². The molecule has 1 aromatic rings. The molecule has 0 bridgehead atoms. The van der Waals surface area contributed by atoms with E-state index in [-0.39, 0.29) is 23.1 Å². The lowest BCUT2D eigenvalue weighted by molar-refractivity contribution is -0.385. The van der Waals surface area contributed by atoms with Gasteiger partial charge in [0, 0.05) is 30.3 Å². The zero-order valence-corrected chi connectivity index (χ0v) is 13.2. The molecule has 7 nitrogen and oxygen atoms in total. The van der Waals surface area contributed by atoms with E-state index in [1.54, 1.807) is 17.0 Å². The summed E-state index contributed by atoms with van der Waals surface area (Å²) in [5.41, 5.74) is 0.817. The van der Waals surface area contributed by atoms with Crippen LogP contribution in [-0.4, -0.2) is 39.9 Å². The van der Waals surface area contributed by atoms with Crippen molar-refractivity contribution in [2.24, 2.45) is 5.92 Å². The van der Waals surface area contributed by atoms with Crippen LogP contribution in [0.5, 0.6) is 0 Å². The molecule has 0 atom stereocenters. The lowest BCUT2D eigenvalue weighted by Crippen LogP contribution is -2.40. The molecule has 124 valence electrons. The second-order valence-electron chi connectivity index (χ2n) is 6.09. The first kappa shape index (κ1) is 16.9. The summed E-state index contributed by atoms with van der Waals surface area (Å²) in [4.78, 5) is 35.7. The highest BCUT2D eigenvalue weighted by Gasteiger charge is 2.28. The molecule has 1 aliphatic rings. The number of nitrogens with zero attached hydrogens (tertiary/aromatic N) is 2. The van der Waals surface area contributed by atoms with Gasteiger partial charge in [-0.3, -0.25) is 19.7 Å². The Bertz CT molecular complexity index is 633. The molecule has 7 heteroatoms. The van der Waals surface area contributed by atoms with Crippen LogP contribution in [0.15, 0.2) is 18.2 Å². The highest BCUT2D eigenvalue weighted by atomic mass is 16.6. The van der Waals surface area contributed by atoms with E-state index in [2.05, 4.69) is 0 Å². The molecule has 0 aromatic heterocycles. The zero-order chi connectivity index (χ0) is 17.1. The predicted octanol–water partition coefficient (Wildman–Crippen LogP) is 2.66. The number of carboxylic acids is 1. The molecular weight excluding hydrogens is 300 g/mol. The standard InChI is InChI=1S/C16H20N2O5/c1-10(2)13-4-3-12(9-14(13)18(22)23)15(19)17-7-5-11(6-8-17)16(20)21/h3-4,9-11H,5-8H2,1-2H3,(H,20,21). The number of rotatable bonds is 4. The van der Waals surface area contributed by atoms with Crippen molar-refractivity contribution in [1.29, 1.82) is 0 Å². The summed E-state index contributed by atoms with van der Waals surface area (Å²) in [7, 11) is 0. The molecule has 1 N–H and O–H groups in total. The molecule has 1 saturated heterocycles. The second-order valence-corrected chi connectivity index (χ2v) is 6.09. The Kier molecular flexibility index (Phi) is 4.98. The molecule has 0 aliphatic carbocycles. The molecule has 0 radical (unpaired) electrons. The first-order valence-electron chi connectivity index (χ1n) is 7.61. The van der Waals surface area contributed by atoms with Gasteiger partial charge in [0.25, 0.3) is 11.6 Å². The van der Waals surface area contributed by atoms with E-state index in [4.69, 9.17) is 5.11 Å². The van der Waals surface area contributed by atoms with Crippen molar-refractivity contribution in [3.8, 4) is 0 Å². The highest BCUT2D eigenvalue weighted by Crippen LogP contribution is 2.28. The van der Waals surface area contributed by atoms with E-state index >= 15 is 0 Å². The van der Waals surface area contributed by atoms with Crippen molar-refractivity contribution in [3.05, 3.63) is 39.4 Å². The maximum Gasteiger partial charge on any atom is 0.306 e.